The van der Waals surface area contributed by atoms with E-state index >= 15 is 0 Å². The van der Waals surface area contributed by atoms with Crippen molar-refractivity contribution in [2.45, 2.75) is 38.5 Å². The lowest BCUT2D eigenvalue weighted by atomic mass is 10.0. The third kappa shape index (κ3) is 3.44. The third-order valence-electron chi connectivity index (χ3n) is 5.51. The minimum atomic E-state index is -1.05. The molecule has 5 rings (SSSR count). The number of nitrogens with zero attached hydrogens (tertiary/aromatic N) is 3. The van der Waals surface area contributed by atoms with Gasteiger partial charge in [0, 0.05) is 40.6 Å². The van der Waals surface area contributed by atoms with Gasteiger partial charge in [0.25, 0.3) is 0 Å². The molecule has 2 aliphatic rings. The summed E-state index contributed by atoms with van der Waals surface area (Å²) >= 11 is 0. The number of carbonyl (C=O) groups is 2. The molecule has 0 atom stereocenters. The molecule has 0 radical (unpaired) electrons. The summed E-state index contributed by atoms with van der Waals surface area (Å²) < 4.78 is 0. The number of aromatic nitrogens is 3. The van der Waals surface area contributed by atoms with Crippen molar-refractivity contribution in [2.24, 2.45) is 5.92 Å². The molecular weight excluding hydrogens is 368 g/mol. The van der Waals surface area contributed by atoms with Crippen molar-refractivity contribution < 1.29 is 14.7 Å². The van der Waals surface area contributed by atoms with Crippen LogP contribution in [0.2, 0.25) is 0 Å². The van der Waals surface area contributed by atoms with Crippen LogP contribution in [0.4, 0.5) is 5.82 Å². The first kappa shape index (κ1) is 17.7. The molecule has 0 spiro atoms. The standard InChI is InChI=1S/C22H20N4O3/c1-11-6-18(22(28)29)23-10-16(11)17-7-14-9-24-19(26-21(27)13-4-5-13)8-15(14)20(25-17)12-2-3-12/h6-10,12-13H,2-5H2,1H3,(H,28,29)(H,24,26,27). The lowest BCUT2D eigenvalue weighted by molar-refractivity contribution is -0.117. The number of carbonyl (C=O) groups excluding carboxylic acids is 1. The van der Waals surface area contributed by atoms with E-state index in [0.29, 0.717) is 11.7 Å². The van der Waals surface area contributed by atoms with Crippen molar-refractivity contribution in [1.29, 1.82) is 0 Å². The van der Waals surface area contributed by atoms with Crippen LogP contribution in [0.3, 0.4) is 0 Å². The summed E-state index contributed by atoms with van der Waals surface area (Å²) in [6.45, 7) is 1.86. The number of pyridine rings is 3. The maximum atomic E-state index is 12.1. The Morgan fingerprint density at radius 3 is 2.52 bits per heavy atom. The van der Waals surface area contributed by atoms with E-state index in [1.54, 1.807) is 18.5 Å². The molecule has 0 bridgehead atoms. The summed E-state index contributed by atoms with van der Waals surface area (Å²) in [6, 6.07) is 5.43. The minimum Gasteiger partial charge on any atom is -0.477 e. The highest BCUT2D eigenvalue weighted by molar-refractivity contribution is 5.96. The Labute approximate surface area is 167 Å². The van der Waals surface area contributed by atoms with Gasteiger partial charge in [0.15, 0.2) is 0 Å². The lowest BCUT2D eigenvalue weighted by Crippen LogP contribution is -2.14. The highest BCUT2D eigenvalue weighted by Gasteiger charge is 2.31. The molecule has 3 aromatic heterocycles. The molecule has 0 aromatic carbocycles. The van der Waals surface area contributed by atoms with E-state index in [-0.39, 0.29) is 17.5 Å². The van der Waals surface area contributed by atoms with E-state index in [1.807, 2.05) is 19.1 Å². The van der Waals surface area contributed by atoms with Crippen LogP contribution in [0, 0.1) is 12.8 Å². The Morgan fingerprint density at radius 2 is 1.86 bits per heavy atom. The predicted octanol–water partition coefficient (Wildman–Crippen LogP) is 3.92. The fourth-order valence-electron chi connectivity index (χ4n) is 3.56. The van der Waals surface area contributed by atoms with Crippen LogP contribution in [0.5, 0.6) is 0 Å². The summed E-state index contributed by atoms with van der Waals surface area (Å²) in [6.07, 6.45) is 7.42. The Bertz CT molecular complexity index is 1170. The van der Waals surface area contributed by atoms with Gasteiger partial charge in [-0.15, -0.1) is 0 Å². The number of aromatic carboxylic acids is 1. The van der Waals surface area contributed by atoms with Crippen LogP contribution in [0.15, 0.2) is 30.6 Å². The van der Waals surface area contributed by atoms with E-state index < -0.39 is 5.97 Å². The minimum absolute atomic E-state index is 0.0205. The molecule has 1 amide bonds. The van der Waals surface area contributed by atoms with Crippen LogP contribution < -0.4 is 5.32 Å². The van der Waals surface area contributed by atoms with Gasteiger partial charge in [-0.1, -0.05) is 0 Å². The summed E-state index contributed by atoms with van der Waals surface area (Å²) in [4.78, 5) is 36.6. The molecule has 2 saturated carbocycles. The first-order valence-corrected chi connectivity index (χ1v) is 9.81. The van der Waals surface area contributed by atoms with Gasteiger partial charge in [0.1, 0.15) is 11.5 Å². The first-order chi connectivity index (χ1) is 14.0. The van der Waals surface area contributed by atoms with Crippen LogP contribution in [0.25, 0.3) is 22.0 Å². The Balaban J connectivity index is 1.57. The van der Waals surface area contributed by atoms with Crippen molar-refractivity contribution in [1.82, 2.24) is 15.0 Å². The quantitative estimate of drug-likeness (QED) is 0.686. The average molecular weight is 388 g/mol. The largest absolute Gasteiger partial charge is 0.477 e. The lowest BCUT2D eigenvalue weighted by Gasteiger charge is -2.12. The van der Waals surface area contributed by atoms with E-state index in [2.05, 4.69) is 15.3 Å². The van der Waals surface area contributed by atoms with Crippen LogP contribution in [0.1, 0.15) is 53.3 Å². The number of carboxylic acids is 1. The summed E-state index contributed by atoms with van der Waals surface area (Å²) in [7, 11) is 0. The highest BCUT2D eigenvalue weighted by atomic mass is 16.4. The zero-order chi connectivity index (χ0) is 20.1. The molecule has 29 heavy (non-hydrogen) atoms. The van der Waals surface area contributed by atoms with Gasteiger partial charge < -0.3 is 10.4 Å². The van der Waals surface area contributed by atoms with E-state index in [0.717, 1.165) is 59.0 Å². The summed E-state index contributed by atoms with van der Waals surface area (Å²) in [5, 5.41) is 14.0. The summed E-state index contributed by atoms with van der Waals surface area (Å²) in [5.74, 6) is 0.0810. The van der Waals surface area contributed by atoms with Gasteiger partial charge in [0.05, 0.1) is 11.4 Å². The predicted molar refractivity (Wildman–Crippen MR) is 108 cm³/mol. The van der Waals surface area contributed by atoms with Crippen LogP contribution in [-0.4, -0.2) is 31.9 Å². The molecule has 2 fully saturated rings. The zero-order valence-electron chi connectivity index (χ0n) is 16.0. The summed E-state index contributed by atoms with van der Waals surface area (Å²) in [5.41, 5.74) is 3.41. The third-order valence-corrected chi connectivity index (χ3v) is 5.51. The van der Waals surface area contributed by atoms with Crippen molar-refractivity contribution in [3.63, 3.8) is 0 Å². The molecule has 0 saturated heterocycles. The van der Waals surface area contributed by atoms with Crippen molar-refractivity contribution in [2.75, 3.05) is 5.32 Å². The molecule has 0 unspecified atom stereocenters. The van der Waals surface area contributed by atoms with Crippen LogP contribution >= 0.6 is 0 Å². The molecular formula is C22H20N4O3. The highest BCUT2D eigenvalue weighted by Crippen LogP contribution is 2.43. The Morgan fingerprint density at radius 1 is 1.07 bits per heavy atom. The Hall–Kier alpha value is -3.35. The smallest absolute Gasteiger partial charge is 0.354 e. The number of fused-ring (bicyclic) bond motifs is 1. The number of rotatable bonds is 5. The van der Waals surface area contributed by atoms with Crippen molar-refractivity contribution >= 4 is 28.5 Å². The molecule has 2 N–H and O–H groups in total. The number of amides is 1. The molecule has 2 aliphatic carbocycles. The molecule has 3 aromatic rings. The maximum Gasteiger partial charge on any atom is 0.354 e. The van der Waals surface area contributed by atoms with Crippen molar-refractivity contribution in [3.05, 3.63) is 47.5 Å². The van der Waals surface area contributed by atoms with Gasteiger partial charge in [-0.25, -0.2) is 14.8 Å². The van der Waals surface area contributed by atoms with E-state index in [9.17, 15) is 9.59 Å². The SMILES string of the molecule is Cc1cc(C(=O)O)ncc1-c1cc2cnc(NC(=O)C3CC3)cc2c(C2CC2)n1. The fourth-order valence-corrected chi connectivity index (χ4v) is 3.56. The van der Waals surface area contributed by atoms with Crippen molar-refractivity contribution in [3.8, 4) is 11.3 Å². The maximum absolute atomic E-state index is 12.1. The number of anilines is 1. The second kappa shape index (κ2) is 6.62. The topological polar surface area (TPSA) is 105 Å². The molecule has 7 heteroatoms. The molecule has 3 heterocycles. The van der Waals surface area contributed by atoms with Gasteiger partial charge in [-0.05, 0) is 56.4 Å². The number of carboxylic acid groups (broad SMARTS) is 1. The first-order valence-electron chi connectivity index (χ1n) is 9.81. The van der Waals surface area contributed by atoms with E-state index in [4.69, 9.17) is 10.1 Å². The Kier molecular flexibility index (Phi) is 4.04. The zero-order valence-corrected chi connectivity index (χ0v) is 16.0. The van der Waals surface area contributed by atoms with E-state index in [1.165, 1.54) is 0 Å². The number of hydrogen-bond acceptors (Lipinski definition) is 5. The molecule has 0 aliphatic heterocycles. The number of aryl methyl sites for hydroxylation is 1. The van der Waals surface area contributed by atoms with Gasteiger partial charge in [-0.2, -0.15) is 0 Å². The second-order valence-corrected chi connectivity index (χ2v) is 7.91. The normalized spacial score (nSPS) is 16.0. The monoisotopic (exact) mass is 388 g/mol. The number of nitrogens with one attached hydrogen (secondary N) is 1. The fraction of sp³-hybridized carbons (Fsp3) is 0.318. The van der Waals surface area contributed by atoms with Gasteiger partial charge in [0.2, 0.25) is 5.91 Å². The second-order valence-electron chi connectivity index (χ2n) is 7.91. The molecule has 7 nitrogen and oxygen atoms in total. The average Bonchev–Trinajstić information content (AvgIpc) is 3.59. The van der Waals surface area contributed by atoms with Gasteiger partial charge in [-0.3, -0.25) is 9.78 Å². The van der Waals surface area contributed by atoms with Gasteiger partial charge >= 0.3 is 5.97 Å². The van der Waals surface area contributed by atoms with Crippen LogP contribution in [-0.2, 0) is 4.79 Å². The molecule has 146 valence electrons. The number of hydrogen-bond donors (Lipinski definition) is 2.